The molecule has 1 amide bonds. The fourth-order valence-corrected chi connectivity index (χ4v) is 1.28. The summed E-state index contributed by atoms with van der Waals surface area (Å²) in [5.41, 5.74) is 0. The van der Waals surface area contributed by atoms with Gasteiger partial charge in [-0.15, -0.1) is 0 Å². The highest BCUT2D eigenvalue weighted by atomic mass is 16.2. The maximum absolute atomic E-state index is 11.6. The molecule has 0 aromatic heterocycles. The lowest BCUT2D eigenvalue weighted by Crippen LogP contribution is -2.45. The van der Waals surface area contributed by atoms with Crippen LogP contribution in [0.3, 0.4) is 0 Å². The molecule has 0 aliphatic heterocycles. The first kappa shape index (κ1) is 12.5. The Balaban J connectivity index is 2.05. The molecule has 1 fully saturated rings. The molecule has 0 aromatic carbocycles. The summed E-state index contributed by atoms with van der Waals surface area (Å²) in [5, 5.41) is 6.22. The molecule has 15 heavy (non-hydrogen) atoms. The third kappa shape index (κ3) is 5.14. The molecule has 0 bridgehead atoms. The van der Waals surface area contributed by atoms with E-state index in [1.807, 2.05) is 6.92 Å². The van der Waals surface area contributed by atoms with Gasteiger partial charge >= 0.3 is 0 Å². The predicted molar refractivity (Wildman–Crippen MR) is 61.8 cm³/mol. The Kier molecular flexibility index (Phi) is 5.05. The Morgan fingerprint density at radius 2 is 2.20 bits per heavy atom. The van der Waals surface area contributed by atoms with Crippen molar-refractivity contribution < 1.29 is 4.79 Å². The highest BCUT2D eigenvalue weighted by molar-refractivity contribution is 5.81. The molecule has 1 aliphatic carbocycles. The SMILES string of the molecule is CCN(C)CCNC(C)C(=O)NC1CC1. The fourth-order valence-electron chi connectivity index (χ4n) is 1.28. The van der Waals surface area contributed by atoms with Gasteiger partial charge in [-0.1, -0.05) is 6.92 Å². The molecular formula is C11H23N3O. The van der Waals surface area contributed by atoms with Gasteiger partial charge in [0.2, 0.25) is 5.91 Å². The summed E-state index contributed by atoms with van der Waals surface area (Å²) in [6.07, 6.45) is 2.30. The second-order valence-corrected chi connectivity index (χ2v) is 4.35. The van der Waals surface area contributed by atoms with Crippen molar-refractivity contribution in [1.29, 1.82) is 0 Å². The van der Waals surface area contributed by atoms with Crippen molar-refractivity contribution >= 4 is 5.91 Å². The van der Waals surface area contributed by atoms with Crippen molar-refractivity contribution in [3.63, 3.8) is 0 Å². The molecule has 88 valence electrons. The van der Waals surface area contributed by atoms with Gasteiger partial charge in [0.25, 0.3) is 0 Å². The van der Waals surface area contributed by atoms with E-state index in [0.29, 0.717) is 6.04 Å². The normalized spacial score (nSPS) is 17.9. The van der Waals surface area contributed by atoms with E-state index in [9.17, 15) is 4.79 Å². The zero-order valence-corrected chi connectivity index (χ0v) is 10.0. The van der Waals surface area contributed by atoms with E-state index in [0.717, 1.165) is 32.5 Å². The monoisotopic (exact) mass is 213 g/mol. The first-order valence-corrected chi connectivity index (χ1v) is 5.85. The number of likely N-dealkylation sites (N-methyl/N-ethyl adjacent to an activating group) is 1. The van der Waals surface area contributed by atoms with E-state index in [1.54, 1.807) is 0 Å². The van der Waals surface area contributed by atoms with Gasteiger partial charge in [-0.05, 0) is 33.4 Å². The summed E-state index contributed by atoms with van der Waals surface area (Å²) >= 11 is 0. The van der Waals surface area contributed by atoms with E-state index < -0.39 is 0 Å². The van der Waals surface area contributed by atoms with Gasteiger partial charge in [-0.2, -0.15) is 0 Å². The molecule has 4 nitrogen and oxygen atoms in total. The van der Waals surface area contributed by atoms with E-state index in [4.69, 9.17) is 0 Å². The van der Waals surface area contributed by atoms with Crippen LogP contribution in [-0.2, 0) is 4.79 Å². The Labute approximate surface area is 92.4 Å². The predicted octanol–water partition coefficient (Wildman–Crippen LogP) is 0.195. The number of hydrogen-bond acceptors (Lipinski definition) is 3. The van der Waals surface area contributed by atoms with Crippen LogP contribution < -0.4 is 10.6 Å². The van der Waals surface area contributed by atoms with Gasteiger partial charge in [0.15, 0.2) is 0 Å². The minimum absolute atomic E-state index is 0.0733. The van der Waals surface area contributed by atoms with Crippen LogP contribution >= 0.6 is 0 Å². The highest BCUT2D eigenvalue weighted by Crippen LogP contribution is 2.18. The van der Waals surface area contributed by atoms with E-state index >= 15 is 0 Å². The molecule has 2 N–H and O–H groups in total. The quantitative estimate of drug-likeness (QED) is 0.635. The first-order valence-electron chi connectivity index (χ1n) is 5.85. The van der Waals surface area contributed by atoms with Gasteiger partial charge in [-0.3, -0.25) is 4.79 Å². The van der Waals surface area contributed by atoms with Crippen molar-refractivity contribution in [1.82, 2.24) is 15.5 Å². The highest BCUT2D eigenvalue weighted by Gasteiger charge is 2.25. The summed E-state index contributed by atoms with van der Waals surface area (Å²) in [4.78, 5) is 13.8. The summed E-state index contributed by atoms with van der Waals surface area (Å²) < 4.78 is 0. The second kappa shape index (κ2) is 6.08. The lowest BCUT2D eigenvalue weighted by molar-refractivity contribution is -0.122. The minimum atomic E-state index is -0.0733. The van der Waals surface area contributed by atoms with Crippen LogP contribution in [0.2, 0.25) is 0 Å². The van der Waals surface area contributed by atoms with Crippen molar-refractivity contribution in [3.05, 3.63) is 0 Å². The van der Waals surface area contributed by atoms with Gasteiger partial charge in [0.1, 0.15) is 0 Å². The summed E-state index contributed by atoms with van der Waals surface area (Å²) in [6, 6.07) is 0.385. The van der Waals surface area contributed by atoms with E-state index in [2.05, 4.69) is 29.5 Å². The molecule has 0 heterocycles. The average molecular weight is 213 g/mol. The van der Waals surface area contributed by atoms with Crippen molar-refractivity contribution in [3.8, 4) is 0 Å². The third-order valence-electron chi connectivity index (χ3n) is 2.80. The molecule has 1 aliphatic rings. The molecule has 1 rings (SSSR count). The lowest BCUT2D eigenvalue weighted by atomic mass is 10.3. The van der Waals surface area contributed by atoms with Crippen molar-refractivity contribution in [2.75, 3.05) is 26.7 Å². The summed E-state index contributed by atoms with van der Waals surface area (Å²) in [5.74, 6) is 0.136. The molecule has 0 aromatic rings. The second-order valence-electron chi connectivity index (χ2n) is 4.35. The molecule has 1 saturated carbocycles. The van der Waals surface area contributed by atoms with Crippen LogP contribution in [0.1, 0.15) is 26.7 Å². The van der Waals surface area contributed by atoms with Crippen molar-refractivity contribution in [2.24, 2.45) is 0 Å². The number of nitrogens with one attached hydrogen (secondary N) is 2. The smallest absolute Gasteiger partial charge is 0.237 e. The first-order chi connectivity index (χ1) is 7.13. The minimum Gasteiger partial charge on any atom is -0.352 e. The molecule has 1 unspecified atom stereocenters. The molecule has 0 spiro atoms. The van der Waals surface area contributed by atoms with Gasteiger partial charge in [0.05, 0.1) is 6.04 Å². The maximum Gasteiger partial charge on any atom is 0.237 e. The van der Waals surface area contributed by atoms with Crippen LogP contribution in [0.4, 0.5) is 0 Å². The zero-order chi connectivity index (χ0) is 11.3. The molecule has 1 atom stereocenters. The standard InChI is InChI=1S/C11H23N3O/c1-4-14(3)8-7-12-9(2)11(15)13-10-5-6-10/h9-10,12H,4-8H2,1-3H3,(H,13,15). The Morgan fingerprint density at radius 3 is 2.73 bits per heavy atom. The number of carbonyl (C=O) groups is 1. The van der Waals surface area contributed by atoms with Crippen LogP contribution in [0.25, 0.3) is 0 Å². The lowest BCUT2D eigenvalue weighted by Gasteiger charge is -2.17. The van der Waals surface area contributed by atoms with Crippen LogP contribution in [0.5, 0.6) is 0 Å². The molecule has 0 radical (unpaired) electrons. The van der Waals surface area contributed by atoms with Crippen molar-refractivity contribution in [2.45, 2.75) is 38.8 Å². The number of nitrogens with zero attached hydrogens (tertiary/aromatic N) is 1. The van der Waals surface area contributed by atoms with Crippen LogP contribution in [0.15, 0.2) is 0 Å². The topological polar surface area (TPSA) is 44.4 Å². The Morgan fingerprint density at radius 1 is 1.53 bits per heavy atom. The number of amides is 1. The van der Waals surface area contributed by atoms with E-state index in [1.165, 1.54) is 0 Å². The average Bonchev–Trinajstić information content (AvgIpc) is 3.01. The molecule has 0 saturated heterocycles. The van der Waals surface area contributed by atoms with Gasteiger partial charge < -0.3 is 15.5 Å². The number of carbonyl (C=O) groups excluding carboxylic acids is 1. The number of hydrogen-bond donors (Lipinski definition) is 2. The van der Waals surface area contributed by atoms with Gasteiger partial charge in [0, 0.05) is 19.1 Å². The largest absolute Gasteiger partial charge is 0.352 e. The number of rotatable bonds is 7. The Bertz CT molecular complexity index is 204. The third-order valence-corrected chi connectivity index (χ3v) is 2.80. The summed E-state index contributed by atoms with van der Waals surface area (Å²) in [6.45, 7) is 6.94. The van der Waals surface area contributed by atoms with Crippen LogP contribution in [-0.4, -0.2) is 49.6 Å². The zero-order valence-electron chi connectivity index (χ0n) is 10.0. The fraction of sp³-hybridized carbons (Fsp3) is 0.909. The molecular weight excluding hydrogens is 190 g/mol. The summed E-state index contributed by atoms with van der Waals surface area (Å²) in [7, 11) is 2.08. The Hall–Kier alpha value is -0.610. The van der Waals surface area contributed by atoms with Crippen LogP contribution in [0, 0.1) is 0 Å². The maximum atomic E-state index is 11.6. The van der Waals surface area contributed by atoms with E-state index in [-0.39, 0.29) is 11.9 Å². The molecule has 4 heteroatoms. The van der Waals surface area contributed by atoms with Gasteiger partial charge in [-0.25, -0.2) is 0 Å².